The van der Waals surface area contributed by atoms with Crippen molar-refractivity contribution in [2.45, 2.75) is 51.3 Å². The van der Waals surface area contributed by atoms with Crippen molar-refractivity contribution in [2.24, 2.45) is 0 Å². The summed E-state index contributed by atoms with van der Waals surface area (Å²) in [6, 6.07) is 31.2. The van der Waals surface area contributed by atoms with Crippen molar-refractivity contribution < 1.29 is 26.4 Å². The highest BCUT2D eigenvalue weighted by atomic mass is 32.2. The van der Waals surface area contributed by atoms with E-state index in [1.54, 1.807) is 125 Å². The van der Waals surface area contributed by atoms with Gasteiger partial charge in [0.25, 0.3) is 20.0 Å². The number of aryl methyl sites for hydroxylation is 4. The fourth-order valence-corrected chi connectivity index (χ4v) is 11.3. The molecule has 0 fully saturated rings. The topological polar surface area (TPSA) is 133 Å². The number of nitrogens with zero attached hydrogens (tertiary/aromatic N) is 2. The van der Waals surface area contributed by atoms with Gasteiger partial charge in [-0.1, -0.05) is 72.8 Å². The number of sulfonamides is 2. The number of hydrogen-bond acceptors (Lipinski definition) is 8. The summed E-state index contributed by atoms with van der Waals surface area (Å²) < 4.78 is 59.3. The van der Waals surface area contributed by atoms with Crippen LogP contribution in [0.25, 0.3) is 0 Å². The lowest BCUT2D eigenvalue weighted by Crippen LogP contribution is -2.28. The van der Waals surface area contributed by atoms with Gasteiger partial charge < -0.3 is 10.6 Å². The van der Waals surface area contributed by atoms with Gasteiger partial charge in [0.2, 0.25) is 0 Å². The van der Waals surface area contributed by atoms with Crippen LogP contribution in [-0.2, 0) is 20.0 Å². The van der Waals surface area contributed by atoms with Crippen LogP contribution in [0.3, 0.4) is 0 Å². The minimum atomic E-state index is -4.03. The molecule has 0 saturated heterocycles. The van der Waals surface area contributed by atoms with Crippen molar-refractivity contribution in [1.29, 1.82) is 0 Å². The predicted octanol–water partition coefficient (Wildman–Crippen LogP) is 9.45. The summed E-state index contributed by atoms with van der Waals surface area (Å²) in [7, 11) is -5.04. The molecule has 6 aromatic rings. The summed E-state index contributed by atoms with van der Waals surface area (Å²) in [6.07, 6.45) is 0. The number of carbonyl (C=O) groups excluding carboxylic acids is 2. The van der Waals surface area contributed by atoms with Gasteiger partial charge in [-0.15, -0.1) is 0 Å². The van der Waals surface area contributed by atoms with Crippen molar-refractivity contribution >= 4 is 65.7 Å². The molecule has 0 unspecified atom stereocenters. The molecule has 296 valence electrons. The van der Waals surface area contributed by atoms with E-state index in [0.29, 0.717) is 56.4 Å². The first-order valence-corrected chi connectivity index (χ1v) is 21.5. The minimum Gasteiger partial charge on any atom is -0.354 e. The zero-order chi connectivity index (χ0) is 41.8. The Hall–Kier alpha value is -6.24. The van der Waals surface area contributed by atoms with Gasteiger partial charge in [0.15, 0.2) is 11.6 Å². The Bertz CT molecular complexity index is 2700. The second-order valence-corrected chi connectivity index (χ2v) is 18.5. The van der Waals surface area contributed by atoms with Crippen molar-refractivity contribution in [3.05, 3.63) is 165 Å². The largest absolute Gasteiger partial charge is 0.354 e. The zero-order valence-electron chi connectivity index (χ0n) is 33.6. The molecule has 0 saturated carbocycles. The summed E-state index contributed by atoms with van der Waals surface area (Å²) in [4.78, 5) is 29.3. The summed E-state index contributed by atoms with van der Waals surface area (Å²) in [5.41, 5.74) is 6.79. The van der Waals surface area contributed by atoms with Gasteiger partial charge in [-0.3, -0.25) is 18.2 Å². The molecule has 2 N–H and O–H groups in total. The Labute approximate surface area is 340 Å². The van der Waals surface area contributed by atoms with Crippen LogP contribution >= 0.6 is 0 Å². The quantitative estimate of drug-likeness (QED) is 0.140. The Morgan fingerprint density at radius 1 is 0.448 bits per heavy atom. The molecule has 0 aliphatic heterocycles. The monoisotopic (exact) mass is 812 g/mol. The average Bonchev–Trinajstić information content (AvgIpc) is 3.19. The first-order valence-electron chi connectivity index (χ1n) is 18.7. The molecule has 12 heteroatoms. The van der Waals surface area contributed by atoms with Crippen LogP contribution in [0.1, 0.15) is 65.2 Å². The first-order chi connectivity index (χ1) is 27.5. The van der Waals surface area contributed by atoms with Crippen molar-refractivity contribution in [2.75, 3.05) is 33.3 Å². The van der Waals surface area contributed by atoms with E-state index in [1.807, 2.05) is 26.0 Å². The molecule has 1 aliphatic rings. The maximum atomic E-state index is 14.5. The number of benzene rings is 6. The van der Waals surface area contributed by atoms with Gasteiger partial charge in [-0.05, 0) is 111 Å². The number of para-hydroxylation sites is 2. The highest BCUT2D eigenvalue weighted by molar-refractivity contribution is 7.93. The number of carbonyl (C=O) groups is 2. The number of hydrogen-bond donors (Lipinski definition) is 2. The third-order valence-electron chi connectivity index (χ3n) is 10.9. The Balaban J connectivity index is 1.37. The third kappa shape index (κ3) is 6.61. The predicted molar refractivity (Wildman–Crippen MR) is 232 cm³/mol. The average molecular weight is 813 g/mol. The summed E-state index contributed by atoms with van der Waals surface area (Å²) >= 11 is 0. The summed E-state index contributed by atoms with van der Waals surface area (Å²) in [5.74, 6) is -0.777. The molecule has 58 heavy (non-hydrogen) atoms. The fourth-order valence-electron chi connectivity index (χ4n) is 8.04. The van der Waals surface area contributed by atoms with Gasteiger partial charge in [0.05, 0.1) is 43.7 Å². The van der Waals surface area contributed by atoms with Crippen LogP contribution in [0.15, 0.2) is 119 Å². The molecule has 0 bridgehead atoms. The Kier molecular flexibility index (Phi) is 10.3. The zero-order valence-corrected chi connectivity index (χ0v) is 35.2. The minimum absolute atomic E-state index is 0.109. The Morgan fingerprint density at radius 3 is 1.12 bits per heavy atom. The molecule has 0 heterocycles. The smallest absolute Gasteiger partial charge is 0.264 e. The molecule has 0 amide bonds. The van der Waals surface area contributed by atoms with E-state index >= 15 is 0 Å². The van der Waals surface area contributed by atoms with Crippen LogP contribution < -0.4 is 19.2 Å². The lowest BCUT2D eigenvalue weighted by atomic mass is 9.82. The number of rotatable bonds is 10. The summed E-state index contributed by atoms with van der Waals surface area (Å²) in [6.45, 7) is 10.7. The van der Waals surface area contributed by atoms with E-state index in [-0.39, 0.29) is 43.6 Å². The number of ketones is 2. The third-order valence-corrected chi connectivity index (χ3v) is 15.0. The molecule has 0 atom stereocenters. The van der Waals surface area contributed by atoms with Gasteiger partial charge in [-0.2, -0.15) is 0 Å². The molecule has 1 aliphatic carbocycles. The molecule has 0 spiro atoms. The van der Waals surface area contributed by atoms with E-state index < -0.39 is 20.0 Å². The van der Waals surface area contributed by atoms with Crippen molar-refractivity contribution in [1.82, 2.24) is 0 Å². The van der Waals surface area contributed by atoms with Crippen LogP contribution in [-0.4, -0.2) is 42.5 Å². The van der Waals surface area contributed by atoms with Crippen molar-refractivity contribution in [3.8, 4) is 0 Å². The van der Waals surface area contributed by atoms with Gasteiger partial charge >= 0.3 is 0 Å². The number of nitrogens with one attached hydrogen (secondary N) is 2. The van der Waals surface area contributed by atoms with E-state index in [9.17, 15) is 26.4 Å². The van der Waals surface area contributed by atoms with E-state index in [4.69, 9.17) is 0 Å². The number of anilines is 6. The molecule has 0 radical (unpaired) electrons. The van der Waals surface area contributed by atoms with Gasteiger partial charge in [-0.25, -0.2) is 16.8 Å². The summed E-state index contributed by atoms with van der Waals surface area (Å²) in [5, 5.41) is 6.76. The molecular weight excluding hydrogens is 769 g/mol. The van der Waals surface area contributed by atoms with Crippen LogP contribution in [0.4, 0.5) is 34.1 Å². The van der Waals surface area contributed by atoms with Crippen LogP contribution in [0.2, 0.25) is 0 Å². The second-order valence-electron chi connectivity index (χ2n) is 14.7. The molecule has 7 rings (SSSR count). The highest BCUT2D eigenvalue weighted by Gasteiger charge is 2.36. The fraction of sp³-hybridized carbons (Fsp3) is 0.174. The molecule has 10 nitrogen and oxygen atoms in total. The highest BCUT2D eigenvalue weighted by Crippen LogP contribution is 2.43. The van der Waals surface area contributed by atoms with Crippen molar-refractivity contribution in [3.63, 3.8) is 0 Å². The molecular formula is C46H44N4O6S2. The van der Waals surface area contributed by atoms with Crippen LogP contribution in [0.5, 0.6) is 0 Å². The maximum absolute atomic E-state index is 14.5. The van der Waals surface area contributed by atoms with E-state index in [2.05, 4.69) is 10.6 Å². The van der Waals surface area contributed by atoms with Gasteiger partial charge in [0, 0.05) is 36.6 Å². The lowest BCUT2D eigenvalue weighted by molar-refractivity contribution is 0.0980. The molecule has 6 aromatic carbocycles. The molecule has 0 aromatic heterocycles. The second kappa shape index (κ2) is 14.9. The SMILES string of the molecule is Cc1cc(C)c(S(=O)(=O)N(C)c2ccccc2)c(C)c1Nc1ccc(Nc2c(C)cc(C)c(S(=O)(=O)N(C)c3ccccc3)c2C)c2c1C(=O)c1ccccc1C2=O. The van der Waals surface area contributed by atoms with Crippen LogP contribution in [0, 0.1) is 41.5 Å². The van der Waals surface area contributed by atoms with Gasteiger partial charge in [0.1, 0.15) is 0 Å². The van der Waals surface area contributed by atoms with E-state index in [0.717, 1.165) is 11.1 Å². The van der Waals surface area contributed by atoms with E-state index in [1.165, 1.54) is 22.7 Å². The lowest BCUT2D eigenvalue weighted by Gasteiger charge is -2.27. The normalized spacial score (nSPS) is 12.5. The number of fused-ring (bicyclic) bond motifs is 2. The first kappa shape index (κ1) is 40.0. The standard InChI is InChI=1S/C46H44N4O6S2/c1-27-25-29(3)45(57(53,54)49(7)33-17-11-9-12-18-33)31(5)41(27)47-37-23-24-38(40-39(37)43(51)35-21-15-16-22-36(35)44(40)52)48-42-28(2)26-30(4)46(32(42)6)58(55,56)50(8)34-19-13-10-14-20-34/h9-26,47-48H,1-8H3. The maximum Gasteiger partial charge on any atom is 0.264 e. The Morgan fingerprint density at radius 2 is 0.776 bits per heavy atom.